The standard InChI is InChI=1S/C24H24ClF3N4O7S/c1-6-38-18-8-12(23(2,3)4)15(9-14(18)25)31-21(34)29-30-22(31)40-19-10-17(39-11-20(33)37-5)13(24(26,27)28)7-16(19)32(35)36/h7-10H,6,11H2,1-5H3,(H,29,34). The number of ether oxygens (including phenoxy) is 3. The summed E-state index contributed by atoms with van der Waals surface area (Å²) in [6, 6.07) is 4.18. The van der Waals surface area contributed by atoms with Crippen LogP contribution >= 0.6 is 23.4 Å². The third-order valence-electron chi connectivity index (χ3n) is 5.38. The fourth-order valence-electron chi connectivity index (χ4n) is 3.57. The molecule has 40 heavy (non-hydrogen) atoms. The van der Waals surface area contributed by atoms with Crippen molar-refractivity contribution in [2.45, 2.75) is 49.3 Å². The summed E-state index contributed by atoms with van der Waals surface area (Å²) in [6.07, 6.45) is -5.05. The van der Waals surface area contributed by atoms with Crippen molar-refractivity contribution in [3.8, 4) is 17.2 Å². The molecule has 0 spiro atoms. The van der Waals surface area contributed by atoms with Crippen LogP contribution in [0.15, 0.2) is 39.1 Å². The third-order valence-corrected chi connectivity index (χ3v) is 6.68. The quantitative estimate of drug-likeness (QED) is 0.189. The Balaban J connectivity index is 2.23. The van der Waals surface area contributed by atoms with Crippen LogP contribution in [-0.4, -0.2) is 46.0 Å². The number of methoxy groups -OCH3 is 1. The van der Waals surface area contributed by atoms with Crippen molar-refractivity contribution in [3.63, 3.8) is 0 Å². The van der Waals surface area contributed by atoms with E-state index in [0.29, 0.717) is 35.7 Å². The minimum Gasteiger partial charge on any atom is -0.492 e. The minimum atomic E-state index is -5.05. The van der Waals surface area contributed by atoms with E-state index in [4.69, 9.17) is 21.1 Å². The number of aromatic nitrogens is 3. The molecule has 0 bridgehead atoms. The summed E-state index contributed by atoms with van der Waals surface area (Å²) in [5.74, 6) is -1.45. The van der Waals surface area contributed by atoms with Crippen LogP contribution in [0.4, 0.5) is 18.9 Å². The zero-order valence-electron chi connectivity index (χ0n) is 21.8. The number of carbonyl (C=O) groups excluding carboxylic acids is 1. The highest BCUT2D eigenvalue weighted by Gasteiger charge is 2.38. The van der Waals surface area contributed by atoms with Gasteiger partial charge >= 0.3 is 17.8 Å². The van der Waals surface area contributed by atoms with Gasteiger partial charge in [0.1, 0.15) is 17.1 Å². The van der Waals surface area contributed by atoms with E-state index in [0.717, 1.165) is 17.7 Å². The molecule has 1 N–H and O–H groups in total. The van der Waals surface area contributed by atoms with Crippen LogP contribution in [0.2, 0.25) is 5.02 Å². The van der Waals surface area contributed by atoms with Gasteiger partial charge in [-0.05, 0) is 41.8 Å². The number of hydrogen-bond donors (Lipinski definition) is 1. The number of nitro benzene ring substituents is 1. The number of aromatic amines is 1. The average Bonchev–Trinajstić information content (AvgIpc) is 3.21. The number of rotatable bonds is 9. The van der Waals surface area contributed by atoms with E-state index in [2.05, 4.69) is 14.9 Å². The first kappa shape index (κ1) is 30.8. The molecule has 0 amide bonds. The summed E-state index contributed by atoms with van der Waals surface area (Å²) in [7, 11) is 1.02. The van der Waals surface area contributed by atoms with Gasteiger partial charge in [0.2, 0.25) is 5.16 Å². The SMILES string of the molecule is CCOc1cc(C(C)(C)C)c(-n2c(Sc3cc(OCC(=O)OC)c(C(F)(F)F)cc3[N+](=O)[O-])n[nH]c2=O)cc1Cl. The molecule has 3 aromatic rings. The number of halogens is 4. The summed E-state index contributed by atoms with van der Waals surface area (Å²) in [6.45, 7) is 6.84. The highest BCUT2D eigenvalue weighted by atomic mass is 35.5. The van der Waals surface area contributed by atoms with Gasteiger partial charge in [-0.2, -0.15) is 13.2 Å². The molecule has 0 aliphatic carbocycles. The molecule has 2 aromatic carbocycles. The van der Waals surface area contributed by atoms with Crippen molar-refractivity contribution in [1.82, 2.24) is 14.8 Å². The van der Waals surface area contributed by atoms with Gasteiger partial charge in [0.15, 0.2) is 6.61 Å². The first-order valence-electron chi connectivity index (χ1n) is 11.5. The number of carbonyl (C=O) groups is 1. The molecule has 3 rings (SSSR count). The van der Waals surface area contributed by atoms with Gasteiger partial charge in [0.05, 0.1) is 34.2 Å². The minimum absolute atomic E-state index is 0.141. The topological polar surface area (TPSA) is 139 Å². The number of alkyl halides is 3. The Morgan fingerprint density at radius 1 is 1.15 bits per heavy atom. The van der Waals surface area contributed by atoms with E-state index >= 15 is 0 Å². The van der Waals surface area contributed by atoms with Crippen molar-refractivity contribution in [2.24, 2.45) is 0 Å². The van der Waals surface area contributed by atoms with E-state index < -0.39 is 51.8 Å². The molecule has 1 aromatic heterocycles. The summed E-state index contributed by atoms with van der Waals surface area (Å²) in [5.41, 5.74) is -2.80. The van der Waals surface area contributed by atoms with Crippen LogP contribution in [0.25, 0.3) is 5.69 Å². The first-order valence-corrected chi connectivity index (χ1v) is 12.7. The summed E-state index contributed by atoms with van der Waals surface area (Å²) < 4.78 is 57.2. The number of benzene rings is 2. The molecule has 1 heterocycles. The van der Waals surface area contributed by atoms with Crippen molar-refractivity contribution in [2.75, 3.05) is 20.3 Å². The van der Waals surface area contributed by atoms with Crippen LogP contribution < -0.4 is 15.2 Å². The fourth-order valence-corrected chi connectivity index (χ4v) is 4.74. The van der Waals surface area contributed by atoms with Gasteiger partial charge in [-0.1, -0.05) is 32.4 Å². The average molecular weight is 605 g/mol. The molecule has 0 radical (unpaired) electrons. The largest absolute Gasteiger partial charge is 0.492 e. The molecule has 11 nitrogen and oxygen atoms in total. The molecule has 216 valence electrons. The van der Waals surface area contributed by atoms with Crippen LogP contribution in [0, 0.1) is 10.1 Å². The Hall–Kier alpha value is -3.72. The highest BCUT2D eigenvalue weighted by molar-refractivity contribution is 7.99. The molecule has 0 saturated carbocycles. The molecule has 0 saturated heterocycles. The lowest BCUT2D eigenvalue weighted by Gasteiger charge is -2.25. The van der Waals surface area contributed by atoms with Gasteiger partial charge in [0, 0.05) is 12.1 Å². The molecular weight excluding hydrogens is 581 g/mol. The Labute approximate surface area is 234 Å². The van der Waals surface area contributed by atoms with Crippen molar-refractivity contribution in [3.05, 3.63) is 61.0 Å². The molecule has 16 heteroatoms. The van der Waals surface area contributed by atoms with E-state index in [1.807, 2.05) is 20.8 Å². The predicted molar refractivity (Wildman–Crippen MR) is 139 cm³/mol. The predicted octanol–water partition coefficient (Wildman–Crippen LogP) is 5.54. The fraction of sp³-hybridized carbons (Fsp3) is 0.375. The van der Waals surface area contributed by atoms with Gasteiger partial charge in [-0.15, -0.1) is 5.10 Å². The Morgan fingerprint density at radius 2 is 1.82 bits per heavy atom. The summed E-state index contributed by atoms with van der Waals surface area (Å²) >= 11 is 6.94. The molecule has 0 atom stereocenters. The van der Waals surface area contributed by atoms with E-state index in [1.54, 1.807) is 13.0 Å². The normalized spacial score (nSPS) is 11.8. The molecular formula is C24H24ClF3N4O7S. The maximum Gasteiger partial charge on any atom is 0.420 e. The zero-order valence-corrected chi connectivity index (χ0v) is 23.4. The molecule has 0 fully saturated rings. The number of nitro groups is 1. The van der Waals surface area contributed by atoms with Gasteiger partial charge in [-0.3, -0.25) is 10.1 Å². The second kappa shape index (κ2) is 11.8. The van der Waals surface area contributed by atoms with Crippen LogP contribution in [0.3, 0.4) is 0 Å². The summed E-state index contributed by atoms with van der Waals surface area (Å²) in [5, 5.41) is 18.0. The second-order valence-corrected chi connectivity index (χ2v) is 10.6. The first-order chi connectivity index (χ1) is 18.6. The lowest BCUT2D eigenvalue weighted by atomic mass is 9.85. The monoisotopic (exact) mass is 604 g/mol. The molecule has 0 aliphatic rings. The molecule has 0 unspecified atom stereocenters. The Bertz CT molecular complexity index is 1500. The van der Waals surface area contributed by atoms with E-state index in [-0.39, 0.29) is 20.8 Å². The lowest BCUT2D eigenvalue weighted by molar-refractivity contribution is -0.388. The number of nitrogens with one attached hydrogen (secondary N) is 1. The van der Waals surface area contributed by atoms with Gasteiger partial charge in [-0.25, -0.2) is 19.3 Å². The maximum absolute atomic E-state index is 13.7. The maximum atomic E-state index is 13.7. The van der Waals surface area contributed by atoms with Crippen molar-refractivity contribution >= 4 is 35.0 Å². The smallest absolute Gasteiger partial charge is 0.420 e. The lowest BCUT2D eigenvalue weighted by Crippen LogP contribution is -2.22. The van der Waals surface area contributed by atoms with Gasteiger partial charge in [0.25, 0.3) is 5.69 Å². The Kier molecular flexibility index (Phi) is 9.09. The van der Waals surface area contributed by atoms with E-state index in [9.17, 15) is 32.9 Å². The van der Waals surface area contributed by atoms with Crippen molar-refractivity contribution < 1.29 is 37.1 Å². The zero-order chi connectivity index (χ0) is 30.0. The Morgan fingerprint density at radius 3 is 2.38 bits per heavy atom. The third kappa shape index (κ3) is 6.70. The van der Waals surface area contributed by atoms with E-state index in [1.165, 1.54) is 6.07 Å². The highest BCUT2D eigenvalue weighted by Crippen LogP contribution is 2.45. The number of H-pyrrole nitrogens is 1. The number of esters is 1. The van der Waals surface area contributed by atoms with Crippen LogP contribution in [0.5, 0.6) is 11.5 Å². The van der Waals surface area contributed by atoms with Crippen molar-refractivity contribution in [1.29, 1.82) is 0 Å². The molecule has 0 aliphatic heterocycles. The number of nitrogens with zero attached hydrogens (tertiary/aromatic N) is 3. The van der Waals surface area contributed by atoms with Gasteiger partial charge < -0.3 is 14.2 Å². The number of hydrogen-bond acceptors (Lipinski definition) is 9. The van der Waals surface area contributed by atoms with Crippen LogP contribution in [-0.2, 0) is 21.1 Å². The summed E-state index contributed by atoms with van der Waals surface area (Å²) in [4.78, 5) is 34.8. The second-order valence-electron chi connectivity index (χ2n) is 9.17. The van der Waals surface area contributed by atoms with Crippen LogP contribution in [0.1, 0.15) is 38.8 Å².